The van der Waals surface area contributed by atoms with Crippen LogP contribution < -0.4 is 14.9 Å². The molecule has 9 heteroatoms. The second kappa shape index (κ2) is 7.10. The maximum atomic E-state index is 12.2. The average molecular weight is 373 g/mol. The van der Waals surface area contributed by atoms with Gasteiger partial charge in [0.1, 0.15) is 11.5 Å². The fourth-order valence-corrected chi connectivity index (χ4v) is 2.41. The van der Waals surface area contributed by atoms with Crippen LogP contribution in [0.15, 0.2) is 39.9 Å². The molecule has 1 N–H and O–H groups in total. The number of hydrazone groups is 1. The third-order valence-electron chi connectivity index (χ3n) is 3.92. The largest absolute Gasteiger partial charge is 0.485 e. The third-order valence-corrected chi connectivity index (χ3v) is 3.92. The van der Waals surface area contributed by atoms with E-state index in [0.29, 0.717) is 11.5 Å². The summed E-state index contributed by atoms with van der Waals surface area (Å²) in [6, 6.07) is 8.23. The van der Waals surface area contributed by atoms with Crippen molar-refractivity contribution in [1.82, 2.24) is 5.43 Å². The first-order valence-corrected chi connectivity index (χ1v) is 8.25. The molecule has 1 atom stereocenters. The van der Waals surface area contributed by atoms with Gasteiger partial charge in [0, 0.05) is 0 Å². The van der Waals surface area contributed by atoms with E-state index >= 15 is 0 Å². The second-order valence-electron chi connectivity index (χ2n) is 7.00. The standard InChI is InChI=1S/C18H19N3O6/c1-18(2,3)11-4-6-13-14(8-11)27-15(10-25-13)17(22)20-19-9-12-5-7-16(26-12)21(23)24/h4-9,15H,10H2,1-3H3,(H,20,22)/b19-9-. The fourth-order valence-electron chi connectivity index (χ4n) is 2.41. The van der Waals surface area contributed by atoms with E-state index in [1.54, 1.807) is 0 Å². The van der Waals surface area contributed by atoms with Gasteiger partial charge < -0.3 is 13.9 Å². The Kier molecular flexibility index (Phi) is 4.85. The lowest BCUT2D eigenvalue weighted by molar-refractivity contribution is -0.402. The van der Waals surface area contributed by atoms with E-state index in [9.17, 15) is 14.9 Å². The number of carbonyl (C=O) groups is 1. The molecular formula is C18H19N3O6. The van der Waals surface area contributed by atoms with E-state index in [1.165, 1.54) is 18.3 Å². The number of ether oxygens (including phenoxy) is 2. The number of hydrogen-bond acceptors (Lipinski definition) is 7. The van der Waals surface area contributed by atoms with E-state index in [4.69, 9.17) is 13.9 Å². The number of hydrogen-bond donors (Lipinski definition) is 1. The van der Waals surface area contributed by atoms with Crippen molar-refractivity contribution >= 4 is 18.0 Å². The molecule has 0 bridgehead atoms. The molecule has 0 saturated heterocycles. The number of nitrogens with one attached hydrogen (secondary N) is 1. The molecule has 0 saturated carbocycles. The van der Waals surface area contributed by atoms with Crippen molar-refractivity contribution in [2.75, 3.05) is 6.61 Å². The first-order chi connectivity index (χ1) is 12.7. The minimum Gasteiger partial charge on any atom is -0.485 e. The zero-order chi connectivity index (χ0) is 19.6. The number of rotatable bonds is 4. The van der Waals surface area contributed by atoms with Gasteiger partial charge >= 0.3 is 5.88 Å². The van der Waals surface area contributed by atoms with Crippen LogP contribution in [-0.4, -0.2) is 29.8 Å². The van der Waals surface area contributed by atoms with Gasteiger partial charge in [0.25, 0.3) is 5.91 Å². The highest BCUT2D eigenvalue weighted by atomic mass is 16.6. The van der Waals surface area contributed by atoms with E-state index in [2.05, 4.69) is 31.3 Å². The van der Waals surface area contributed by atoms with Crippen LogP contribution in [0.25, 0.3) is 0 Å². The number of nitro groups is 1. The number of fused-ring (bicyclic) bond motifs is 1. The molecule has 9 nitrogen and oxygen atoms in total. The van der Waals surface area contributed by atoms with Crippen molar-refractivity contribution in [3.8, 4) is 11.5 Å². The maximum Gasteiger partial charge on any atom is 0.433 e. The Morgan fingerprint density at radius 3 is 2.74 bits per heavy atom. The number of nitrogens with zero attached hydrogens (tertiary/aromatic N) is 2. The Morgan fingerprint density at radius 2 is 2.07 bits per heavy atom. The van der Waals surface area contributed by atoms with E-state index in [0.717, 1.165) is 5.56 Å². The maximum absolute atomic E-state index is 12.2. The van der Waals surface area contributed by atoms with Gasteiger partial charge in [0.05, 0.1) is 12.3 Å². The van der Waals surface area contributed by atoms with Crippen LogP contribution in [-0.2, 0) is 10.2 Å². The molecule has 3 rings (SSSR count). The van der Waals surface area contributed by atoms with Crippen LogP contribution >= 0.6 is 0 Å². The molecule has 0 radical (unpaired) electrons. The molecule has 2 aromatic rings. The summed E-state index contributed by atoms with van der Waals surface area (Å²) < 4.78 is 16.2. The van der Waals surface area contributed by atoms with Crippen molar-refractivity contribution in [2.45, 2.75) is 32.3 Å². The average Bonchev–Trinajstić information content (AvgIpc) is 3.09. The molecule has 27 heavy (non-hydrogen) atoms. The summed E-state index contributed by atoms with van der Waals surface area (Å²) in [7, 11) is 0. The lowest BCUT2D eigenvalue weighted by atomic mass is 9.87. The van der Waals surface area contributed by atoms with Crippen molar-refractivity contribution in [3.63, 3.8) is 0 Å². The van der Waals surface area contributed by atoms with Gasteiger partial charge in [-0.15, -0.1) is 0 Å². The van der Waals surface area contributed by atoms with Crippen molar-refractivity contribution in [2.24, 2.45) is 5.10 Å². The lowest BCUT2D eigenvalue weighted by Crippen LogP contribution is -2.42. The highest BCUT2D eigenvalue weighted by Crippen LogP contribution is 2.36. The molecule has 0 aliphatic carbocycles. The van der Waals surface area contributed by atoms with E-state index in [1.807, 2.05) is 18.2 Å². The van der Waals surface area contributed by atoms with Gasteiger partial charge in [-0.25, -0.2) is 5.43 Å². The number of amides is 1. The van der Waals surface area contributed by atoms with Crippen LogP contribution in [0.5, 0.6) is 11.5 Å². The molecule has 1 aliphatic heterocycles. The summed E-state index contributed by atoms with van der Waals surface area (Å²) in [4.78, 5) is 22.1. The lowest BCUT2D eigenvalue weighted by Gasteiger charge is -2.27. The Bertz CT molecular complexity index is 897. The number of benzene rings is 1. The van der Waals surface area contributed by atoms with Crippen LogP contribution in [0.2, 0.25) is 0 Å². The predicted octanol–water partition coefficient (Wildman–Crippen LogP) is 2.78. The molecule has 0 spiro atoms. The Hall–Kier alpha value is -3.36. The topological polar surface area (TPSA) is 116 Å². The molecule has 1 aromatic heterocycles. The van der Waals surface area contributed by atoms with Crippen LogP contribution in [0.1, 0.15) is 32.1 Å². The predicted molar refractivity (Wildman–Crippen MR) is 96.2 cm³/mol. The molecule has 142 valence electrons. The van der Waals surface area contributed by atoms with Gasteiger partial charge in [-0.1, -0.05) is 26.8 Å². The number of furan rings is 1. The smallest absolute Gasteiger partial charge is 0.433 e. The van der Waals surface area contributed by atoms with Crippen molar-refractivity contribution in [3.05, 3.63) is 51.8 Å². The molecular weight excluding hydrogens is 354 g/mol. The third kappa shape index (κ3) is 4.25. The minimum absolute atomic E-state index is 0.0510. The van der Waals surface area contributed by atoms with Crippen molar-refractivity contribution in [1.29, 1.82) is 0 Å². The zero-order valence-electron chi connectivity index (χ0n) is 15.1. The molecule has 1 amide bonds. The first kappa shape index (κ1) is 18.4. The van der Waals surface area contributed by atoms with Gasteiger partial charge in [-0.3, -0.25) is 14.9 Å². The summed E-state index contributed by atoms with van der Waals surface area (Å²) in [5.41, 5.74) is 3.30. The zero-order valence-corrected chi connectivity index (χ0v) is 15.1. The fraction of sp³-hybridized carbons (Fsp3) is 0.333. The van der Waals surface area contributed by atoms with Gasteiger partial charge in [0.15, 0.2) is 17.3 Å². The minimum atomic E-state index is -0.865. The second-order valence-corrected chi connectivity index (χ2v) is 7.00. The normalized spacial score (nSPS) is 16.3. The highest BCUT2D eigenvalue weighted by molar-refractivity contribution is 5.84. The first-order valence-electron chi connectivity index (χ1n) is 8.25. The number of carbonyl (C=O) groups excluding carboxylic acids is 1. The van der Waals surface area contributed by atoms with Crippen molar-refractivity contribution < 1.29 is 23.6 Å². The quantitative estimate of drug-likeness (QED) is 0.500. The van der Waals surface area contributed by atoms with E-state index < -0.39 is 22.8 Å². The summed E-state index contributed by atoms with van der Waals surface area (Å²) in [6.45, 7) is 6.29. The van der Waals surface area contributed by atoms with Crippen LogP contribution in [0.4, 0.5) is 5.88 Å². The molecule has 2 heterocycles. The molecule has 1 unspecified atom stereocenters. The monoisotopic (exact) mass is 373 g/mol. The van der Waals surface area contributed by atoms with Crippen LogP contribution in [0.3, 0.4) is 0 Å². The van der Waals surface area contributed by atoms with Gasteiger partial charge in [-0.05, 0) is 29.2 Å². The summed E-state index contributed by atoms with van der Waals surface area (Å²) in [6.07, 6.45) is 0.302. The summed E-state index contributed by atoms with van der Waals surface area (Å²) in [5, 5.41) is 14.3. The van der Waals surface area contributed by atoms with Gasteiger partial charge in [0.2, 0.25) is 6.10 Å². The van der Waals surface area contributed by atoms with E-state index in [-0.39, 0.29) is 17.8 Å². The molecule has 1 aliphatic rings. The Morgan fingerprint density at radius 1 is 1.30 bits per heavy atom. The Balaban J connectivity index is 1.63. The van der Waals surface area contributed by atoms with Gasteiger partial charge in [-0.2, -0.15) is 5.10 Å². The summed E-state index contributed by atoms with van der Waals surface area (Å²) >= 11 is 0. The highest BCUT2D eigenvalue weighted by Gasteiger charge is 2.28. The SMILES string of the molecule is CC(C)(C)c1ccc2c(c1)OC(C(=O)N/N=C\c1ccc([N+](=O)[O-])o1)CO2. The molecule has 1 aromatic carbocycles. The molecule has 0 fully saturated rings. The Labute approximate surface area is 155 Å². The summed E-state index contributed by atoms with van der Waals surface area (Å²) in [5.74, 6) is 0.318. The van der Waals surface area contributed by atoms with Crippen LogP contribution in [0, 0.1) is 10.1 Å².